The van der Waals surface area contributed by atoms with Crippen LogP contribution in [0.2, 0.25) is 0 Å². The zero-order valence-electron chi connectivity index (χ0n) is 5.97. The summed E-state index contributed by atoms with van der Waals surface area (Å²) in [6.07, 6.45) is 2.09. The molecule has 0 saturated carbocycles. The molecule has 0 spiro atoms. The van der Waals surface area contributed by atoms with E-state index in [9.17, 15) is 8.78 Å². The number of ether oxygens (including phenoxy) is 1. The Morgan fingerprint density at radius 1 is 1.73 bits per heavy atom. The van der Waals surface area contributed by atoms with Crippen LogP contribution in [0.5, 0.6) is 5.88 Å². The molecule has 3 nitrogen and oxygen atoms in total. The molecule has 0 unspecified atom stereocenters. The smallest absolute Gasteiger partial charge is 0.388 e. The van der Waals surface area contributed by atoms with E-state index in [-0.39, 0.29) is 5.88 Å². The topological polar surface area (TPSA) is 37.9 Å². The van der Waals surface area contributed by atoms with Crippen molar-refractivity contribution >= 4 is 0 Å². The fourth-order valence-electron chi connectivity index (χ4n) is 0.742. The summed E-state index contributed by atoms with van der Waals surface area (Å²) in [5.74, 6) is 0.0579. The maximum atomic E-state index is 11.6. The van der Waals surface area contributed by atoms with Crippen molar-refractivity contribution in [3.8, 4) is 5.88 Å². The van der Waals surface area contributed by atoms with E-state index in [0.29, 0.717) is 12.0 Å². The number of H-pyrrole nitrogens is 1. The second-order valence-corrected chi connectivity index (χ2v) is 1.96. The monoisotopic (exact) mass is 162 g/mol. The van der Waals surface area contributed by atoms with Crippen LogP contribution in [0.3, 0.4) is 0 Å². The van der Waals surface area contributed by atoms with Gasteiger partial charge in [-0.05, 0) is 6.42 Å². The first-order valence-electron chi connectivity index (χ1n) is 3.21. The number of aromatic amines is 1. The quantitative estimate of drug-likeness (QED) is 0.732. The number of rotatable bonds is 3. The lowest BCUT2D eigenvalue weighted by molar-refractivity contribution is -0.0534. The van der Waals surface area contributed by atoms with Crippen molar-refractivity contribution < 1.29 is 13.5 Å². The molecule has 0 aliphatic heterocycles. The zero-order chi connectivity index (χ0) is 8.27. The fourth-order valence-corrected chi connectivity index (χ4v) is 0.742. The van der Waals surface area contributed by atoms with Crippen molar-refractivity contribution in [1.82, 2.24) is 10.2 Å². The minimum atomic E-state index is -2.79. The van der Waals surface area contributed by atoms with Crippen LogP contribution in [0, 0.1) is 0 Å². The Hall–Kier alpha value is -1.13. The predicted molar refractivity (Wildman–Crippen MR) is 34.6 cm³/mol. The molecule has 62 valence electrons. The number of nitrogens with one attached hydrogen (secondary N) is 1. The zero-order valence-corrected chi connectivity index (χ0v) is 5.97. The number of halogens is 2. The summed E-state index contributed by atoms with van der Waals surface area (Å²) in [5, 5.41) is 5.90. The van der Waals surface area contributed by atoms with Crippen molar-refractivity contribution in [2.45, 2.75) is 20.0 Å². The molecule has 11 heavy (non-hydrogen) atoms. The summed E-state index contributed by atoms with van der Waals surface area (Å²) >= 11 is 0. The van der Waals surface area contributed by atoms with Crippen LogP contribution in [0.1, 0.15) is 12.5 Å². The van der Waals surface area contributed by atoms with Gasteiger partial charge in [0.2, 0.25) is 5.88 Å². The van der Waals surface area contributed by atoms with E-state index in [1.807, 2.05) is 6.92 Å². The molecule has 5 heteroatoms. The molecule has 1 aromatic heterocycles. The minimum absolute atomic E-state index is 0.0579. The predicted octanol–water partition coefficient (Wildman–Crippen LogP) is 1.57. The molecule has 0 bridgehead atoms. The molecule has 0 saturated heterocycles. The lowest BCUT2D eigenvalue weighted by Gasteiger charge is -2.01. The number of aryl methyl sites for hydroxylation is 1. The van der Waals surface area contributed by atoms with E-state index in [4.69, 9.17) is 0 Å². The second kappa shape index (κ2) is 3.32. The molecule has 1 aromatic rings. The summed E-state index contributed by atoms with van der Waals surface area (Å²) in [5.41, 5.74) is 0.658. The van der Waals surface area contributed by atoms with Gasteiger partial charge in [0.1, 0.15) is 0 Å². The third-order valence-corrected chi connectivity index (χ3v) is 1.27. The van der Waals surface area contributed by atoms with E-state index in [2.05, 4.69) is 14.9 Å². The molecule has 1 heterocycles. The van der Waals surface area contributed by atoms with Crippen molar-refractivity contribution in [2.75, 3.05) is 0 Å². The first-order chi connectivity index (χ1) is 5.24. The molecule has 0 atom stereocenters. The van der Waals surface area contributed by atoms with Gasteiger partial charge >= 0.3 is 6.61 Å². The molecule has 0 radical (unpaired) electrons. The third kappa shape index (κ3) is 1.89. The average Bonchev–Trinajstić information content (AvgIpc) is 2.34. The van der Waals surface area contributed by atoms with Crippen molar-refractivity contribution in [3.05, 3.63) is 11.8 Å². The van der Waals surface area contributed by atoms with Crippen LogP contribution in [-0.2, 0) is 6.42 Å². The summed E-state index contributed by atoms with van der Waals surface area (Å²) in [6.45, 7) is -0.954. The van der Waals surface area contributed by atoms with Crippen LogP contribution in [0.15, 0.2) is 6.20 Å². The first-order valence-corrected chi connectivity index (χ1v) is 3.21. The molecule has 0 amide bonds. The molecule has 0 aliphatic carbocycles. The number of hydrogen-bond acceptors (Lipinski definition) is 2. The van der Waals surface area contributed by atoms with Gasteiger partial charge in [-0.2, -0.15) is 13.9 Å². The molecule has 0 aliphatic rings. The Bertz CT molecular complexity index is 224. The lowest BCUT2D eigenvalue weighted by atomic mass is 10.3. The average molecular weight is 162 g/mol. The van der Waals surface area contributed by atoms with E-state index in [1.165, 1.54) is 6.20 Å². The summed E-state index contributed by atoms with van der Waals surface area (Å²) in [6, 6.07) is 0. The van der Waals surface area contributed by atoms with Crippen molar-refractivity contribution in [1.29, 1.82) is 0 Å². The number of aromatic nitrogens is 2. The summed E-state index contributed by atoms with van der Waals surface area (Å²) in [4.78, 5) is 0. The molecule has 1 N–H and O–H groups in total. The molecule has 1 rings (SSSR count). The molecule has 0 fully saturated rings. The Morgan fingerprint density at radius 2 is 2.45 bits per heavy atom. The summed E-state index contributed by atoms with van der Waals surface area (Å²) in [7, 11) is 0. The highest BCUT2D eigenvalue weighted by Gasteiger charge is 2.09. The molecular weight excluding hydrogens is 154 g/mol. The van der Waals surface area contributed by atoms with Crippen LogP contribution < -0.4 is 4.74 Å². The SMILES string of the molecule is CCc1cn[nH]c1OC(F)F. The first kappa shape index (κ1) is 7.97. The lowest BCUT2D eigenvalue weighted by Crippen LogP contribution is -2.03. The normalized spacial score (nSPS) is 10.5. The summed E-state index contributed by atoms with van der Waals surface area (Å²) < 4.78 is 27.4. The minimum Gasteiger partial charge on any atom is -0.417 e. The van der Waals surface area contributed by atoms with Crippen molar-refractivity contribution in [3.63, 3.8) is 0 Å². The highest BCUT2D eigenvalue weighted by atomic mass is 19.3. The van der Waals surface area contributed by atoms with Gasteiger partial charge in [0.15, 0.2) is 0 Å². The Labute approximate surface area is 62.4 Å². The van der Waals surface area contributed by atoms with Crippen LogP contribution in [0.25, 0.3) is 0 Å². The number of alkyl halides is 2. The van der Waals surface area contributed by atoms with Gasteiger partial charge in [0.25, 0.3) is 0 Å². The van der Waals surface area contributed by atoms with Crippen LogP contribution >= 0.6 is 0 Å². The van der Waals surface area contributed by atoms with E-state index in [0.717, 1.165) is 0 Å². The van der Waals surface area contributed by atoms with E-state index >= 15 is 0 Å². The van der Waals surface area contributed by atoms with E-state index in [1.54, 1.807) is 0 Å². The van der Waals surface area contributed by atoms with Gasteiger partial charge in [0, 0.05) is 5.56 Å². The van der Waals surface area contributed by atoms with Gasteiger partial charge in [-0.3, -0.25) is 0 Å². The third-order valence-electron chi connectivity index (χ3n) is 1.27. The van der Waals surface area contributed by atoms with Gasteiger partial charge in [0.05, 0.1) is 6.20 Å². The van der Waals surface area contributed by atoms with Gasteiger partial charge in [-0.1, -0.05) is 6.92 Å². The van der Waals surface area contributed by atoms with E-state index < -0.39 is 6.61 Å². The largest absolute Gasteiger partial charge is 0.417 e. The Morgan fingerprint density at radius 3 is 3.00 bits per heavy atom. The maximum Gasteiger partial charge on any atom is 0.388 e. The van der Waals surface area contributed by atoms with Gasteiger partial charge in [-0.15, -0.1) is 0 Å². The Kier molecular flexibility index (Phi) is 2.40. The van der Waals surface area contributed by atoms with Crippen molar-refractivity contribution in [2.24, 2.45) is 0 Å². The van der Waals surface area contributed by atoms with Crippen LogP contribution in [0.4, 0.5) is 8.78 Å². The van der Waals surface area contributed by atoms with Crippen LogP contribution in [-0.4, -0.2) is 16.8 Å². The molecule has 0 aromatic carbocycles. The second-order valence-electron chi connectivity index (χ2n) is 1.96. The molecular formula is C6H8F2N2O. The number of nitrogens with zero attached hydrogens (tertiary/aromatic N) is 1. The standard InChI is InChI=1S/C6H8F2N2O/c1-2-4-3-9-10-5(4)11-6(7)8/h3,6H,2H2,1H3,(H,9,10). The maximum absolute atomic E-state index is 11.6. The highest BCUT2D eigenvalue weighted by Crippen LogP contribution is 2.16. The Balaban J connectivity index is 2.68. The van der Waals surface area contributed by atoms with Gasteiger partial charge < -0.3 is 4.74 Å². The number of hydrogen-bond donors (Lipinski definition) is 1. The highest BCUT2D eigenvalue weighted by molar-refractivity contribution is 5.21. The van der Waals surface area contributed by atoms with Gasteiger partial charge in [-0.25, -0.2) is 5.10 Å². The fraction of sp³-hybridized carbons (Fsp3) is 0.500.